The van der Waals surface area contributed by atoms with Crippen molar-refractivity contribution in [3.05, 3.63) is 54.1 Å². The van der Waals surface area contributed by atoms with Crippen molar-refractivity contribution in [2.24, 2.45) is 5.92 Å². The summed E-state index contributed by atoms with van der Waals surface area (Å²) in [7, 11) is 3.26. The minimum absolute atomic E-state index is 0.0325. The van der Waals surface area contributed by atoms with Crippen LogP contribution >= 0.6 is 0 Å². The van der Waals surface area contributed by atoms with Crippen LogP contribution in [-0.2, 0) is 11.3 Å². The van der Waals surface area contributed by atoms with Gasteiger partial charge in [-0.25, -0.2) is 0 Å². The summed E-state index contributed by atoms with van der Waals surface area (Å²) in [6, 6.07) is 15.7. The van der Waals surface area contributed by atoms with E-state index < -0.39 is 0 Å². The largest absolute Gasteiger partial charge is 0.497 e. The van der Waals surface area contributed by atoms with Gasteiger partial charge in [-0.15, -0.1) is 0 Å². The van der Waals surface area contributed by atoms with Gasteiger partial charge in [-0.3, -0.25) is 4.79 Å². The van der Waals surface area contributed by atoms with Gasteiger partial charge in [-0.2, -0.15) is 4.98 Å². The molecule has 1 N–H and O–H groups in total. The van der Waals surface area contributed by atoms with Gasteiger partial charge in [0.05, 0.1) is 14.2 Å². The predicted molar refractivity (Wildman–Crippen MR) is 116 cm³/mol. The molecule has 0 saturated carbocycles. The third kappa shape index (κ3) is 4.79. The number of piperidine rings is 1. The zero-order valence-electron chi connectivity index (χ0n) is 17.7. The van der Waals surface area contributed by atoms with Crippen molar-refractivity contribution in [2.45, 2.75) is 19.4 Å². The highest BCUT2D eigenvalue weighted by Gasteiger charge is 2.27. The molecule has 1 amide bonds. The number of carbonyl (C=O) groups is 1. The molecular formula is C23H26N4O4. The number of amides is 1. The first-order valence-corrected chi connectivity index (χ1v) is 10.3. The fourth-order valence-electron chi connectivity index (χ4n) is 3.71. The lowest BCUT2D eigenvalue weighted by atomic mass is 9.96. The standard InChI is InChI=1S/C23H26N4O4/c1-29-19-9-7-16(8-10-19)21-25-23(31-26-21)27-13-11-17(12-14-27)22(28)24-15-18-5-3-4-6-20(18)30-2/h3-10,17H,11-15H2,1-2H3,(H,24,28). The summed E-state index contributed by atoms with van der Waals surface area (Å²) >= 11 is 0. The van der Waals surface area contributed by atoms with E-state index in [1.807, 2.05) is 53.4 Å². The summed E-state index contributed by atoms with van der Waals surface area (Å²) in [5.41, 5.74) is 1.83. The lowest BCUT2D eigenvalue weighted by molar-refractivity contribution is -0.125. The number of carbonyl (C=O) groups excluding carboxylic acids is 1. The van der Waals surface area contributed by atoms with Gasteiger partial charge in [0.2, 0.25) is 11.7 Å². The quantitative estimate of drug-likeness (QED) is 0.625. The number of rotatable bonds is 7. The summed E-state index contributed by atoms with van der Waals surface area (Å²) in [6.07, 6.45) is 1.47. The minimum Gasteiger partial charge on any atom is -0.497 e. The van der Waals surface area contributed by atoms with Gasteiger partial charge in [0.1, 0.15) is 11.5 Å². The van der Waals surface area contributed by atoms with Crippen LogP contribution in [0, 0.1) is 5.92 Å². The molecule has 0 bridgehead atoms. The summed E-state index contributed by atoms with van der Waals surface area (Å²) in [4.78, 5) is 19.2. The van der Waals surface area contributed by atoms with Crippen LogP contribution < -0.4 is 19.7 Å². The molecule has 1 fully saturated rings. The van der Waals surface area contributed by atoms with Crippen LogP contribution in [0.1, 0.15) is 18.4 Å². The highest BCUT2D eigenvalue weighted by atomic mass is 16.5. The first kappa shape index (κ1) is 20.7. The number of benzene rings is 2. The zero-order chi connectivity index (χ0) is 21.6. The number of anilines is 1. The Morgan fingerprint density at radius 3 is 2.55 bits per heavy atom. The lowest BCUT2D eigenvalue weighted by Crippen LogP contribution is -2.40. The molecule has 0 unspecified atom stereocenters. The van der Waals surface area contributed by atoms with Gasteiger partial charge >= 0.3 is 6.01 Å². The SMILES string of the molecule is COc1ccc(-c2noc(N3CCC(C(=O)NCc4ccccc4OC)CC3)n2)cc1. The maximum absolute atomic E-state index is 12.6. The second-order valence-electron chi connectivity index (χ2n) is 7.42. The average molecular weight is 422 g/mol. The van der Waals surface area contributed by atoms with E-state index in [4.69, 9.17) is 14.0 Å². The number of methoxy groups -OCH3 is 2. The van der Waals surface area contributed by atoms with E-state index in [0.29, 0.717) is 31.5 Å². The highest BCUT2D eigenvalue weighted by Crippen LogP contribution is 2.26. The number of ether oxygens (including phenoxy) is 2. The second-order valence-corrected chi connectivity index (χ2v) is 7.42. The van der Waals surface area contributed by atoms with E-state index in [0.717, 1.165) is 35.5 Å². The molecule has 0 atom stereocenters. The molecule has 1 aromatic heterocycles. The first-order chi connectivity index (χ1) is 15.2. The van der Waals surface area contributed by atoms with Crippen molar-refractivity contribution in [1.29, 1.82) is 0 Å². The summed E-state index contributed by atoms with van der Waals surface area (Å²) in [6.45, 7) is 1.84. The van der Waals surface area contributed by atoms with E-state index in [1.54, 1.807) is 14.2 Å². The fraction of sp³-hybridized carbons (Fsp3) is 0.348. The molecular weight excluding hydrogens is 396 g/mol. The Bertz CT molecular complexity index is 1010. The van der Waals surface area contributed by atoms with Gasteiger partial charge in [0.15, 0.2) is 0 Å². The van der Waals surface area contributed by atoms with Gasteiger partial charge < -0.3 is 24.2 Å². The third-order valence-corrected chi connectivity index (χ3v) is 5.55. The summed E-state index contributed by atoms with van der Waals surface area (Å²) in [5, 5.41) is 7.12. The fourth-order valence-corrected chi connectivity index (χ4v) is 3.71. The molecule has 1 saturated heterocycles. The van der Waals surface area contributed by atoms with Crippen molar-refractivity contribution < 1.29 is 18.8 Å². The molecule has 8 nitrogen and oxygen atoms in total. The van der Waals surface area contributed by atoms with E-state index in [1.165, 1.54) is 0 Å². The number of hydrogen-bond donors (Lipinski definition) is 1. The highest BCUT2D eigenvalue weighted by molar-refractivity contribution is 5.79. The van der Waals surface area contributed by atoms with Gasteiger partial charge in [-0.05, 0) is 43.2 Å². The topological polar surface area (TPSA) is 89.7 Å². The smallest absolute Gasteiger partial charge is 0.324 e. The Morgan fingerprint density at radius 2 is 1.84 bits per heavy atom. The van der Waals surface area contributed by atoms with Crippen LogP contribution in [0.4, 0.5) is 6.01 Å². The minimum atomic E-state index is -0.0325. The van der Waals surface area contributed by atoms with Crippen LogP contribution in [0.3, 0.4) is 0 Å². The van der Waals surface area contributed by atoms with Crippen molar-refractivity contribution in [3.63, 3.8) is 0 Å². The molecule has 31 heavy (non-hydrogen) atoms. The molecule has 8 heteroatoms. The molecule has 0 spiro atoms. The molecule has 4 rings (SSSR count). The molecule has 3 aromatic rings. The van der Waals surface area contributed by atoms with E-state index in [9.17, 15) is 4.79 Å². The van der Waals surface area contributed by atoms with E-state index in [2.05, 4.69) is 15.5 Å². The monoisotopic (exact) mass is 422 g/mol. The third-order valence-electron chi connectivity index (χ3n) is 5.55. The van der Waals surface area contributed by atoms with Crippen molar-refractivity contribution in [1.82, 2.24) is 15.5 Å². The van der Waals surface area contributed by atoms with E-state index >= 15 is 0 Å². The van der Waals surface area contributed by atoms with Crippen LogP contribution in [0.25, 0.3) is 11.4 Å². The average Bonchev–Trinajstić information content (AvgIpc) is 3.33. The van der Waals surface area contributed by atoms with Crippen molar-refractivity contribution >= 4 is 11.9 Å². The number of nitrogens with one attached hydrogen (secondary N) is 1. The summed E-state index contributed by atoms with van der Waals surface area (Å²) in [5.74, 6) is 2.12. The summed E-state index contributed by atoms with van der Waals surface area (Å²) < 4.78 is 16.0. The van der Waals surface area contributed by atoms with Crippen molar-refractivity contribution in [2.75, 3.05) is 32.2 Å². The predicted octanol–water partition coefficient (Wildman–Crippen LogP) is 3.29. The molecule has 162 valence electrons. The zero-order valence-corrected chi connectivity index (χ0v) is 17.7. The Morgan fingerprint density at radius 1 is 1.10 bits per heavy atom. The van der Waals surface area contributed by atoms with Crippen LogP contribution in [0.5, 0.6) is 11.5 Å². The van der Waals surface area contributed by atoms with E-state index in [-0.39, 0.29) is 11.8 Å². The van der Waals surface area contributed by atoms with Gasteiger partial charge in [0, 0.05) is 36.7 Å². The van der Waals surface area contributed by atoms with Crippen LogP contribution in [-0.4, -0.2) is 43.4 Å². The number of aromatic nitrogens is 2. The molecule has 0 radical (unpaired) electrons. The molecule has 1 aliphatic heterocycles. The molecule has 1 aliphatic rings. The Labute approximate surface area is 181 Å². The van der Waals surface area contributed by atoms with Gasteiger partial charge in [0.25, 0.3) is 0 Å². The number of hydrogen-bond acceptors (Lipinski definition) is 7. The molecule has 0 aliphatic carbocycles. The maximum atomic E-state index is 12.6. The lowest BCUT2D eigenvalue weighted by Gasteiger charge is -2.29. The molecule has 2 heterocycles. The first-order valence-electron chi connectivity index (χ1n) is 10.3. The van der Waals surface area contributed by atoms with Gasteiger partial charge in [-0.1, -0.05) is 23.4 Å². The number of para-hydroxylation sites is 1. The normalized spacial score (nSPS) is 14.3. The van der Waals surface area contributed by atoms with Crippen LogP contribution in [0.15, 0.2) is 53.1 Å². The van der Waals surface area contributed by atoms with Crippen LogP contribution in [0.2, 0.25) is 0 Å². The Kier molecular flexibility index (Phi) is 6.35. The Balaban J connectivity index is 1.30. The Hall–Kier alpha value is -3.55. The maximum Gasteiger partial charge on any atom is 0.324 e. The number of nitrogens with zero attached hydrogens (tertiary/aromatic N) is 3. The molecule has 2 aromatic carbocycles. The second kappa shape index (κ2) is 9.51. The van der Waals surface area contributed by atoms with Crippen molar-refractivity contribution in [3.8, 4) is 22.9 Å².